The summed E-state index contributed by atoms with van der Waals surface area (Å²) in [6, 6.07) is 4.25. The van der Waals surface area contributed by atoms with Crippen LogP contribution in [-0.4, -0.2) is 12.9 Å². The molecule has 1 heterocycles. The zero-order chi connectivity index (χ0) is 10.7. The molecular formula is C11H12ClFO2. The van der Waals surface area contributed by atoms with E-state index in [1.54, 1.807) is 0 Å². The Balaban J connectivity index is 2.05. The van der Waals surface area contributed by atoms with E-state index in [1.807, 2.05) is 0 Å². The first kappa shape index (κ1) is 10.7. The Bertz CT molecular complexity index is 337. The molecule has 2 nitrogen and oxygen atoms in total. The van der Waals surface area contributed by atoms with Crippen molar-refractivity contribution in [3.05, 3.63) is 29.0 Å². The Morgan fingerprint density at radius 2 is 2.27 bits per heavy atom. The Morgan fingerprint density at radius 1 is 1.40 bits per heavy atom. The zero-order valence-electron chi connectivity index (χ0n) is 8.21. The largest absolute Gasteiger partial charge is 0.462 e. The monoisotopic (exact) mass is 230 g/mol. The lowest BCUT2D eigenvalue weighted by molar-refractivity contribution is -0.107. The van der Waals surface area contributed by atoms with Crippen LogP contribution in [0.5, 0.6) is 5.75 Å². The lowest BCUT2D eigenvalue weighted by Crippen LogP contribution is -2.25. The van der Waals surface area contributed by atoms with Gasteiger partial charge in [-0.05, 0) is 25.0 Å². The third-order valence-corrected chi connectivity index (χ3v) is 2.52. The van der Waals surface area contributed by atoms with Crippen molar-refractivity contribution in [3.8, 4) is 5.75 Å². The molecule has 1 fully saturated rings. The van der Waals surface area contributed by atoms with Crippen molar-refractivity contribution in [2.75, 3.05) is 6.61 Å². The van der Waals surface area contributed by atoms with Crippen LogP contribution in [0.4, 0.5) is 4.39 Å². The molecule has 0 radical (unpaired) electrons. The van der Waals surface area contributed by atoms with E-state index in [-0.39, 0.29) is 12.0 Å². The highest BCUT2D eigenvalue weighted by atomic mass is 35.5. The average molecular weight is 231 g/mol. The van der Waals surface area contributed by atoms with Crippen molar-refractivity contribution in [2.45, 2.75) is 25.6 Å². The van der Waals surface area contributed by atoms with Crippen LogP contribution in [0, 0.1) is 5.82 Å². The average Bonchev–Trinajstić information content (AvgIpc) is 2.25. The maximum atomic E-state index is 13.3. The summed E-state index contributed by atoms with van der Waals surface area (Å²) in [6.07, 6.45) is 2.54. The van der Waals surface area contributed by atoms with Gasteiger partial charge < -0.3 is 9.47 Å². The molecule has 1 aromatic rings. The van der Waals surface area contributed by atoms with Gasteiger partial charge in [0.2, 0.25) is 0 Å². The molecule has 4 heteroatoms. The SMILES string of the molecule is Fc1ccc(Cl)cc1OC1CCCCO1. The number of halogens is 2. The smallest absolute Gasteiger partial charge is 0.199 e. The first-order valence-electron chi connectivity index (χ1n) is 4.99. The molecule has 0 aliphatic carbocycles. The number of hydrogen-bond donors (Lipinski definition) is 0. The Hall–Kier alpha value is -0.800. The number of ether oxygens (including phenoxy) is 2. The third-order valence-electron chi connectivity index (χ3n) is 2.29. The van der Waals surface area contributed by atoms with E-state index in [0.29, 0.717) is 11.6 Å². The van der Waals surface area contributed by atoms with E-state index in [4.69, 9.17) is 21.1 Å². The van der Waals surface area contributed by atoms with E-state index >= 15 is 0 Å². The molecule has 1 aliphatic heterocycles. The Kier molecular flexibility index (Phi) is 3.44. The van der Waals surface area contributed by atoms with Gasteiger partial charge in [0.15, 0.2) is 17.9 Å². The van der Waals surface area contributed by atoms with Gasteiger partial charge in [-0.25, -0.2) is 4.39 Å². The molecule has 15 heavy (non-hydrogen) atoms. The molecule has 0 N–H and O–H groups in total. The van der Waals surface area contributed by atoms with Crippen LogP contribution >= 0.6 is 11.6 Å². The molecule has 0 bridgehead atoms. The van der Waals surface area contributed by atoms with E-state index in [2.05, 4.69) is 0 Å². The summed E-state index contributed by atoms with van der Waals surface area (Å²) >= 11 is 5.75. The molecule has 1 aromatic carbocycles. The summed E-state index contributed by atoms with van der Waals surface area (Å²) in [7, 11) is 0. The van der Waals surface area contributed by atoms with Gasteiger partial charge in [0.1, 0.15) is 0 Å². The van der Waals surface area contributed by atoms with Crippen LogP contribution in [0.2, 0.25) is 5.02 Å². The Labute approximate surface area is 92.9 Å². The van der Waals surface area contributed by atoms with Crippen LogP contribution in [0.15, 0.2) is 18.2 Å². The van der Waals surface area contributed by atoms with E-state index in [0.717, 1.165) is 19.3 Å². The number of hydrogen-bond acceptors (Lipinski definition) is 2. The quantitative estimate of drug-likeness (QED) is 0.776. The van der Waals surface area contributed by atoms with Crippen molar-refractivity contribution >= 4 is 11.6 Å². The first-order chi connectivity index (χ1) is 7.25. The third kappa shape index (κ3) is 2.83. The lowest BCUT2D eigenvalue weighted by Gasteiger charge is -2.23. The fourth-order valence-electron chi connectivity index (χ4n) is 1.51. The van der Waals surface area contributed by atoms with Crippen molar-refractivity contribution < 1.29 is 13.9 Å². The second kappa shape index (κ2) is 4.81. The molecule has 0 spiro atoms. The van der Waals surface area contributed by atoms with Gasteiger partial charge in [0, 0.05) is 17.5 Å². The van der Waals surface area contributed by atoms with E-state index < -0.39 is 5.82 Å². The predicted molar refractivity (Wildman–Crippen MR) is 55.6 cm³/mol. The maximum absolute atomic E-state index is 13.3. The van der Waals surface area contributed by atoms with E-state index in [9.17, 15) is 4.39 Å². The molecule has 0 saturated carbocycles. The topological polar surface area (TPSA) is 18.5 Å². The van der Waals surface area contributed by atoms with Gasteiger partial charge in [-0.1, -0.05) is 11.6 Å². The van der Waals surface area contributed by atoms with Gasteiger partial charge in [0.25, 0.3) is 0 Å². The highest BCUT2D eigenvalue weighted by Crippen LogP contribution is 2.25. The molecular weight excluding hydrogens is 219 g/mol. The molecule has 0 aromatic heterocycles. The van der Waals surface area contributed by atoms with Crippen LogP contribution in [0.1, 0.15) is 19.3 Å². The standard InChI is InChI=1S/C11H12ClFO2/c12-8-4-5-9(13)10(7-8)15-11-3-1-2-6-14-11/h4-5,7,11H,1-3,6H2. The first-order valence-corrected chi connectivity index (χ1v) is 5.37. The molecule has 1 atom stereocenters. The molecule has 2 rings (SSSR count). The van der Waals surface area contributed by atoms with Crippen LogP contribution in [-0.2, 0) is 4.74 Å². The summed E-state index contributed by atoms with van der Waals surface area (Å²) in [5.41, 5.74) is 0. The van der Waals surface area contributed by atoms with Crippen molar-refractivity contribution in [1.82, 2.24) is 0 Å². The van der Waals surface area contributed by atoms with Gasteiger partial charge >= 0.3 is 0 Å². The number of rotatable bonds is 2. The van der Waals surface area contributed by atoms with Gasteiger partial charge in [-0.3, -0.25) is 0 Å². The normalized spacial score (nSPS) is 21.3. The molecule has 1 saturated heterocycles. The van der Waals surface area contributed by atoms with Crippen molar-refractivity contribution in [1.29, 1.82) is 0 Å². The maximum Gasteiger partial charge on any atom is 0.199 e. The van der Waals surface area contributed by atoms with Crippen molar-refractivity contribution in [2.24, 2.45) is 0 Å². The minimum atomic E-state index is -0.409. The van der Waals surface area contributed by atoms with Crippen LogP contribution < -0.4 is 4.74 Å². The lowest BCUT2D eigenvalue weighted by atomic mass is 10.2. The van der Waals surface area contributed by atoms with Gasteiger partial charge in [-0.2, -0.15) is 0 Å². The summed E-state index contributed by atoms with van der Waals surface area (Å²) in [4.78, 5) is 0. The summed E-state index contributed by atoms with van der Waals surface area (Å²) in [5, 5.41) is 0.460. The summed E-state index contributed by atoms with van der Waals surface area (Å²) in [5.74, 6) is -0.247. The minimum absolute atomic E-state index is 0.161. The fourth-order valence-corrected chi connectivity index (χ4v) is 1.68. The predicted octanol–water partition coefficient (Wildman–Crippen LogP) is 3.38. The Morgan fingerprint density at radius 3 is 3.00 bits per heavy atom. The number of benzene rings is 1. The molecule has 1 unspecified atom stereocenters. The fraction of sp³-hybridized carbons (Fsp3) is 0.455. The molecule has 0 amide bonds. The van der Waals surface area contributed by atoms with E-state index in [1.165, 1.54) is 18.2 Å². The second-order valence-corrected chi connectivity index (χ2v) is 3.93. The van der Waals surface area contributed by atoms with Gasteiger partial charge in [0.05, 0.1) is 6.61 Å². The van der Waals surface area contributed by atoms with Crippen LogP contribution in [0.25, 0.3) is 0 Å². The van der Waals surface area contributed by atoms with Gasteiger partial charge in [-0.15, -0.1) is 0 Å². The highest BCUT2D eigenvalue weighted by molar-refractivity contribution is 6.30. The van der Waals surface area contributed by atoms with Crippen LogP contribution in [0.3, 0.4) is 0 Å². The zero-order valence-corrected chi connectivity index (χ0v) is 8.97. The molecule has 1 aliphatic rings. The molecule has 82 valence electrons. The summed E-state index contributed by atoms with van der Waals surface area (Å²) in [6.45, 7) is 0.673. The minimum Gasteiger partial charge on any atom is -0.462 e. The summed E-state index contributed by atoms with van der Waals surface area (Å²) < 4.78 is 24.0. The second-order valence-electron chi connectivity index (χ2n) is 3.49. The van der Waals surface area contributed by atoms with Crippen molar-refractivity contribution in [3.63, 3.8) is 0 Å². The highest BCUT2D eigenvalue weighted by Gasteiger charge is 2.17.